The number of fused-ring (bicyclic) bond motifs is 2. The van der Waals surface area contributed by atoms with Gasteiger partial charge in [-0.3, -0.25) is 19.4 Å². The molecule has 0 radical (unpaired) electrons. The topological polar surface area (TPSA) is 128 Å². The molecule has 62 heavy (non-hydrogen) atoms. The lowest BCUT2D eigenvalue weighted by molar-refractivity contribution is -0.120. The number of nitriles is 1. The van der Waals surface area contributed by atoms with Crippen LogP contribution in [-0.2, 0) is 14.3 Å². The molecule has 0 unspecified atom stereocenters. The zero-order chi connectivity index (χ0) is 43.7. The van der Waals surface area contributed by atoms with Crippen LogP contribution >= 0.6 is 15.9 Å². The Bertz CT molecular complexity index is 2800. The Morgan fingerprint density at radius 3 is 1.97 bits per heavy atom. The van der Waals surface area contributed by atoms with Gasteiger partial charge in [0, 0.05) is 96.7 Å². The molecule has 0 spiro atoms. The zero-order valence-corrected chi connectivity index (χ0v) is 35.6. The van der Waals surface area contributed by atoms with E-state index in [0.717, 1.165) is 43.4 Å². The molecule has 9 rings (SSSR count). The number of amides is 2. The number of halogens is 5. The van der Waals surface area contributed by atoms with Gasteiger partial charge in [-0.1, -0.05) is 12.1 Å². The average Bonchev–Trinajstić information content (AvgIpc) is 3.26. The van der Waals surface area contributed by atoms with Crippen molar-refractivity contribution in [2.24, 2.45) is 0 Å². The van der Waals surface area contributed by atoms with Crippen LogP contribution < -0.4 is 20.0 Å². The molecule has 318 valence electrons. The van der Waals surface area contributed by atoms with E-state index in [4.69, 9.17) is 9.72 Å². The maximum atomic E-state index is 15.5. The van der Waals surface area contributed by atoms with Gasteiger partial charge in [-0.15, -0.1) is 0 Å². The van der Waals surface area contributed by atoms with E-state index in [1.54, 1.807) is 48.0 Å². The summed E-state index contributed by atoms with van der Waals surface area (Å²) in [5.41, 5.74) is 4.51. The van der Waals surface area contributed by atoms with Gasteiger partial charge in [0.2, 0.25) is 11.8 Å². The average molecular weight is 910 g/mol. The van der Waals surface area contributed by atoms with Crippen LogP contribution in [0.15, 0.2) is 65.3 Å². The number of piperidine rings is 2. The number of pyridine rings is 3. The highest BCUT2D eigenvalue weighted by Gasteiger charge is 2.28. The van der Waals surface area contributed by atoms with E-state index in [-0.39, 0.29) is 33.6 Å². The third kappa shape index (κ3) is 8.51. The van der Waals surface area contributed by atoms with Gasteiger partial charge in [0.25, 0.3) is 0 Å². The third-order valence-electron chi connectivity index (χ3n) is 11.3. The molecule has 3 saturated heterocycles. The second-order valence-corrected chi connectivity index (χ2v) is 16.2. The molecule has 11 nitrogen and oxygen atoms in total. The normalized spacial score (nSPS) is 15.7. The molecule has 3 aromatic carbocycles. The number of carbonyl (C=O) groups is 2. The molecule has 3 fully saturated rings. The van der Waals surface area contributed by atoms with Crippen molar-refractivity contribution in [3.8, 4) is 17.2 Å². The highest BCUT2D eigenvalue weighted by Crippen LogP contribution is 2.41. The number of nitrogens with one attached hydrogen (secondary N) is 1. The molecular weight excluding hydrogens is 868 g/mol. The maximum absolute atomic E-state index is 15.5. The van der Waals surface area contributed by atoms with E-state index in [0.29, 0.717) is 108 Å². The van der Waals surface area contributed by atoms with Gasteiger partial charge in [0.15, 0.2) is 0 Å². The van der Waals surface area contributed by atoms with Crippen LogP contribution in [0, 0.1) is 48.4 Å². The number of hydrogen-bond donors (Lipinski definition) is 1. The summed E-state index contributed by atoms with van der Waals surface area (Å²) < 4.78 is 63.2. The van der Waals surface area contributed by atoms with Crippen LogP contribution in [0.25, 0.3) is 32.9 Å². The summed E-state index contributed by atoms with van der Waals surface area (Å²) in [5, 5.41) is 13.3. The minimum Gasteiger partial charge on any atom is -0.378 e. The van der Waals surface area contributed by atoms with Gasteiger partial charge in [-0.05, 0) is 73.2 Å². The second-order valence-electron chi connectivity index (χ2n) is 15.4. The highest BCUT2D eigenvalue weighted by atomic mass is 79.9. The smallest absolute Gasteiger partial charge is 0.228 e. The van der Waals surface area contributed by atoms with Gasteiger partial charge < -0.3 is 15.0 Å². The zero-order valence-electron chi connectivity index (χ0n) is 34.0. The standard InChI is InChI=1S/C31H28F2N6O2.C15H13BrF2N2O/c1-19-30(29-24(33)14-22(32)15-26(29)37-31(19)39-8-3-2-7-28(39)40)36-25-16-27(38-9-11-41-12-10-38)35-18-23(25)21-6-4-5-20(13-21)17-34;1-8-14(16)13-10(18)6-9(17)7-11(13)19-15(8)20-5-3-2-4-12(20)21/h4-6,13-16,18H,2-3,7-12H2,1H3,(H,35,36,37);6-7H,2-5H2,1H3. The molecule has 0 bridgehead atoms. The van der Waals surface area contributed by atoms with Gasteiger partial charge in [0.1, 0.15) is 40.7 Å². The first-order chi connectivity index (χ1) is 29.9. The van der Waals surface area contributed by atoms with E-state index in [1.807, 2.05) is 12.1 Å². The SMILES string of the molecule is Cc1c(N2CCCCC2=O)nc2cc(F)cc(F)c2c1Br.Cc1c(N2CCCCC2=O)nc2cc(F)cc(F)c2c1Nc1cc(N2CCOCC2)ncc1-c1cccc(C#N)c1. The maximum Gasteiger partial charge on any atom is 0.228 e. The number of hydrogen-bond acceptors (Lipinski definition) is 9. The van der Waals surface area contributed by atoms with Gasteiger partial charge in [0.05, 0.1) is 58.0 Å². The summed E-state index contributed by atoms with van der Waals surface area (Å²) in [4.78, 5) is 43.9. The molecular formula is C46H41BrF4N8O3. The van der Waals surface area contributed by atoms with Crippen molar-refractivity contribution in [3.05, 3.63) is 105 Å². The van der Waals surface area contributed by atoms with Crippen LogP contribution in [0.3, 0.4) is 0 Å². The van der Waals surface area contributed by atoms with Crippen molar-refractivity contribution in [2.45, 2.75) is 52.4 Å². The summed E-state index contributed by atoms with van der Waals surface area (Å²) in [6.07, 6.45) is 5.99. The molecule has 0 saturated carbocycles. The predicted molar refractivity (Wildman–Crippen MR) is 234 cm³/mol. The predicted octanol–water partition coefficient (Wildman–Crippen LogP) is 9.95. The minimum absolute atomic E-state index is 0.0000231. The van der Waals surface area contributed by atoms with Crippen molar-refractivity contribution in [1.82, 2.24) is 15.0 Å². The number of rotatable bonds is 6. The summed E-state index contributed by atoms with van der Waals surface area (Å²) in [7, 11) is 0. The molecule has 2 amide bonds. The summed E-state index contributed by atoms with van der Waals surface area (Å²) >= 11 is 3.35. The number of morpholine rings is 1. The van der Waals surface area contributed by atoms with Crippen molar-refractivity contribution >= 4 is 78.4 Å². The lowest BCUT2D eigenvalue weighted by Crippen LogP contribution is -2.36. The Hall–Kier alpha value is -6.18. The minimum atomic E-state index is -0.759. The number of ether oxygens (including phenoxy) is 1. The van der Waals surface area contributed by atoms with Crippen LogP contribution in [-0.4, -0.2) is 66.2 Å². The number of carbonyl (C=O) groups excluding carboxylic acids is 2. The fourth-order valence-corrected chi connectivity index (χ4v) is 8.69. The lowest BCUT2D eigenvalue weighted by atomic mass is 10.0. The Balaban J connectivity index is 0.000000211. The second kappa shape index (κ2) is 18.0. The Kier molecular flexibility index (Phi) is 12.4. The largest absolute Gasteiger partial charge is 0.378 e. The molecule has 3 aromatic heterocycles. The summed E-state index contributed by atoms with van der Waals surface area (Å²) in [6.45, 7) is 7.12. The third-order valence-corrected chi connectivity index (χ3v) is 12.3. The molecule has 6 aromatic rings. The Labute approximate surface area is 363 Å². The van der Waals surface area contributed by atoms with E-state index in [9.17, 15) is 28.0 Å². The fourth-order valence-electron chi connectivity index (χ4n) is 8.12. The number of benzene rings is 3. The van der Waals surface area contributed by atoms with Gasteiger partial charge >= 0.3 is 0 Å². The first kappa shape index (κ1) is 42.5. The molecule has 16 heteroatoms. The first-order valence-electron chi connectivity index (χ1n) is 20.4. The molecule has 0 atom stereocenters. The van der Waals surface area contributed by atoms with Crippen LogP contribution in [0.5, 0.6) is 0 Å². The highest BCUT2D eigenvalue weighted by molar-refractivity contribution is 9.10. The fraction of sp³-hybridized carbons (Fsp3) is 0.304. The first-order valence-corrected chi connectivity index (χ1v) is 21.2. The lowest BCUT2D eigenvalue weighted by Gasteiger charge is -2.30. The van der Waals surface area contributed by atoms with E-state index in [1.165, 1.54) is 12.1 Å². The quantitative estimate of drug-likeness (QED) is 0.163. The van der Waals surface area contributed by atoms with Crippen molar-refractivity contribution in [3.63, 3.8) is 0 Å². The van der Waals surface area contributed by atoms with Gasteiger partial charge in [-0.25, -0.2) is 32.5 Å². The van der Waals surface area contributed by atoms with Crippen molar-refractivity contribution < 1.29 is 31.9 Å². The van der Waals surface area contributed by atoms with E-state index in [2.05, 4.69) is 42.2 Å². The summed E-state index contributed by atoms with van der Waals surface area (Å²) in [6, 6.07) is 15.3. The molecule has 0 aliphatic carbocycles. The summed E-state index contributed by atoms with van der Waals surface area (Å²) in [5.74, 6) is -1.35. The van der Waals surface area contributed by atoms with Crippen molar-refractivity contribution in [1.29, 1.82) is 5.26 Å². The van der Waals surface area contributed by atoms with Crippen LogP contribution in [0.1, 0.15) is 55.2 Å². The Morgan fingerprint density at radius 2 is 1.35 bits per heavy atom. The molecule has 1 N–H and O–H groups in total. The molecule has 3 aliphatic heterocycles. The van der Waals surface area contributed by atoms with E-state index < -0.39 is 23.3 Å². The van der Waals surface area contributed by atoms with Gasteiger partial charge in [-0.2, -0.15) is 5.26 Å². The van der Waals surface area contributed by atoms with Crippen LogP contribution in [0.2, 0.25) is 0 Å². The number of aromatic nitrogens is 3. The molecule has 6 heterocycles. The number of anilines is 5. The van der Waals surface area contributed by atoms with Crippen LogP contribution in [0.4, 0.5) is 46.4 Å². The van der Waals surface area contributed by atoms with Crippen molar-refractivity contribution in [2.75, 3.05) is 59.4 Å². The van der Waals surface area contributed by atoms with E-state index >= 15 is 4.39 Å². The number of nitrogens with zero attached hydrogens (tertiary/aromatic N) is 7. The molecule has 3 aliphatic rings. The Morgan fingerprint density at radius 1 is 0.758 bits per heavy atom. The monoisotopic (exact) mass is 908 g/mol.